The Morgan fingerprint density at radius 1 is 1.29 bits per heavy atom. The first-order valence-corrected chi connectivity index (χ1v) is 7.79. The summed E-state index contributed by atoms with van der Waals surface area (Å²) < 4.78 is 40.5. The standard InChI is InChI=1S/C16H18F3N3O2/c17-16(18,19)10-24-9-14(23)22-7-5-11(6-8-22)15-20-12-3-1-2-4-13(12)21-15/h1-4,11H,5-10H2,(H,20,21). The number of ether oxygens (including phenoxy) is 1. The Bertz CT molecular complexity index is 673. The summed E-state index contributed by atoms with van der Waals surface area (Å²) in [6, 6.07) is 7.76. The number of amides is 1. The molecule has 0 radical (unpaired) electrons. The van der Waals surface area contributed by atoms with Gasteiger partial charge in [-0.05, 0) is 25.0 Å². The van der Waals surface area contributed by atoms with Gasteiger partial charge in [-0.2, -0.15) is 13.2 Å². The van der Waals surface area contributed by atoms with Crippen molar-refractivity contribution in [2.45, 2.75) is 24.9 Å². The summed E-state index contributed by atoms with van der Waals surface area (Å²) in [5.41, 5.74) is 1.89. The number of hydrogen-bond acceptors (Lipinski definition) is 3. The molecule has 1 aromatic heterocycles. The highest BCUT2D eigenvalue weighted by atomic mass is 19.4. The smallest absolute Gasteiger partial charge is 0.362 e. The van der Waals surface area contributed by atoms with Gasteiger partial charge in [-0.1, -0.05) is 12.1 Å². The average molecular weight is 341 g/mol. The van der Waals surface area contributed by atoms with Crippen LogP contribution in [0.15, 0.2) is 24.3 Å². The zero-order chi connectivity index (χ0) is 17.2. The maximum absolute atomic E-state index is 12.0. The molecule has 130 valence electrons. The number of H-pyrrole nitrogens is 1. The molecule has 0 bridgehead atoms. The minimum Gasteiger partial charge on any atom is -0.362 e. The Kier molecular flexibility index (Phi) is 4.75. The molecule has 2 aromatic rings. The van der Waals surface area contributed by atoms with Crippen molar-refractivity contribution in [2.75, 3.05) is 26.3 Å². The molecule has 3 rings (SSSR count). The van der Waals surface area contributed by atoms with Crippen molar-refractivity contribution >= 4 is 16.9 Å². The number of aromatic amines is 1. The van der Waals surface area contributed by atoms with Crippen LogP contribution in [-0.2, 0) is 9.53 Å². The van der Waals surface area contributed by atoms with E-state index in [9.17, 15) is 18.0 Å². The number of fused-ring (bicyclic) bond motifs is 1. The van der Waals surface area contributed by atoms with Gasteiger partial charge in [0.25, 0.3) is 0 Å². The molecule has 2 heterocycles. The highest BCUT2D eigenvalue weighted by Gasteiger charge is 2.29. The summed E-state index contributed by atoms with van der Waals surface area (Å²) in [5, 5.41) is 0. The Hall–Kier alpha value is -2.09. The molecule has 1 fully saturated rings. The molecule has 1 saturated heterocycles. The zero-order valence-corrected chi connectivity index (χ0v) is 13.0. The molecule has 8 heteroatoms. The molecule has 1 aliphatic rings. The van der Waals surface area contributed by atoms with Crippen LogP contribution in [0.4, 0.5) is 13.2 Å². The number of alkyl halides is 3. The average Bonchev–Trinajstić information content (AvgIpc) is 2.98. The van der Waals surface area contributed by atoms with Gasteiger partial charge < -0.3 is 14.6 Å². The number of carbonyl (C=O) groups is 1. The number of likely N-dealkylation sites (tertiary alicyclic amines) is 1. The molecule has 1 aromatic carbocycles. The zero-order valence-electron chi connectivity index (χ0n) is 13.0. The lowest BCUT2D eigenvalue weighted by Gasteiger charge is -2.31. The monoisotopic (exact) mass is 341 g/mol. The molecule has 0 aliphatic carbocycles. The van der Waals surface area contributed by atoms with Crippen LogP contribution in [0, 0.1) is 0 Å². The normalized spacial score (nSPS) is 16.7. The lowest BCUT2D eigenvalue weighted by molar-refractivity contribution is -0.178. The second kappa shape index (κ2) is 6.80. The lowest BCUT2D eigenvalue weighted by Crippen LogP contribution is -2.40. The predicted molar refractivity (Wildman–Crippen MR) is 81.5 cm³/mol. The SMILES string of the molecule is O=C(COCC(F)(F)F)N1CCC(c2nc3ccccc3[nH]2)CC1. The molecule has 1 amide bonds. The number of benzene rings is 1. The largest absolute Gasteiger partial charge is 0.411 e. The van der Waals surface area contributed by atoms with Crippen molar-refractivity contribution in [3.63, 3.8) is 0 Å². The van der Waals surface area contributed by atoms with Crippen LogP contribution >= 0.6 is 0 Å². The van der Waals surface area contributed by atoms with Crippen LogP contribution in [-0.4, -0.2) is 53.3 Å². The fourth-order valence-corrected chi connectivity index (χ4v) is 2.91. The quantitative estimate of drug-likeness (QED) is 0.930. The molecule has 0 saturated carbocycles. The third-order valence-electron chi connectivity index (χ3n) is 4.13. The van der Waals surface area contributed by atoms with Crippen molar-refractivity contribution < 1.29 is 22.7 Å². The molecule has 24 heavy (non-hydrogen) atoms. The highest BCUT2D eigenvalue weighted by Crippen LogP contribution is 2.27. The van der Waals surface area contributed by atoms with E-state index < -0.39 is 25.3 Å². The van der Waals surface area contributed by atoms with Gasteiger partial charge in [0, 0.05) is 19.0 Å². The number of piperidine rings is 1. The number of halogens is 3. The molecular weight excluding hydrogens is 323 g/mol. The Morgan fingerprint density at radius 3 is 2.67 bits per heavy atom. The van der Waals surface area contributed by atoms with E-state index in [2.05, 4.69) is 14.7 Å². The number of para-hydroxylation sites is 2. The summed E-state index contributed by atoms with van der Waals surface area (Å²) in [6.07, 6.45) is -2.95. The van der Waals surface area contributed by atoms with E-state index in [1.807, 2.05) is 24.3 Å². The van der Waals surface area contributed by atoms with Crippen molar-refractivity contribution in [2.24, 2.45) is 0 Å². The van der Waals surface area contributed by atoms with Gasteiger partial charge in [0.15, 0.2) is 0 Å². The highest BCUT2D eigenvalue weighted by molar-refractivity contribution is 5.77. The molecular formula is C16H18F3N3O2. The second-order valence-corrected chi connectivity index (χ2v) is 5.90. The van der Waals surface area contributed by atoms with Crippen molar-refractivity contribution in [1.29, 1.82) is 0 Å². The molecule has 1 aliphatic heterocycles. The fraction of sp³-hybridized carbons (Fsp3) is 0.500. The Balaban J connectivity index is 1.51. The third kappa shape index (κ3) is 4.05. The number of nitrogens with one attached hydrogen (secondary N) is 1. The Morgan fingerprint density at radius 2 is 2.00 bits per heavy atom. The predicted octanol–water partition coefficient (Wildman–Crippen LogP) is 2.85. The maximum atomic E-state index is 12.0. The first-order valence-electron chi connectivity index (χ1n) is 7.79. The summed E-state index contributed by atoms with van der Waals surface area (Å²) in [4.78, 5) is 21.3. The topological polar surface area (TPSA) is 58.2 Å². The van der Waals surface area contributed by atoms with Gasteiger partial charge in [-0.15, -0.1) is 0 Å². The van der Waals surface area contributed by atoms with Crippen LogP contribution in [0.1, 0.15) is 24.6 Å². The van der Waals surface area contributed by atoms with Gasteiger partial charge in [0.1, 0.15) is 19.0 Å². The van der Waals surface area contributed by atoms with E-state index >= 15 is 0 Å². The van der Waals surface area contributed by atoms with E-state index in [0.717, 1.165) is 29.7 Å². The summed E-state index contributed by atoms with van der Waals surface area (Å²) >= 11 is 0. The van der Waals surface area contributed by atoms with E-state index in [-0.39, 0.29) is 5.92 Å². The van der Waals surface area contributed by atoms with Gasteiger partial charge in [-0.25, -0.2) is 4.98 Å². The van der Waals surface area contributed by atoms with E-state index in [4.69, 9.17) is 0 Å². The maximum Gasteiger partial charge on any atom is 0.411 e. The minimum atomic E-state index is -4.41. The van der Waals surface area contributed by atoms with Gasteiger partial charge in [0.05, 0.1) is 11.0 Å². The molecule has 0 atom stereocenters. The van der Waals surface area contributed by atoms with Gasteiger partial charge in [0.2, 0.25) is 5.91 Å². The van der Waals surface area contributed by atoms with E-state index in [1.165, 1.54) is 0 Å². The van der Waals surface area contributed by atoms with Crippen LogP contribution in [0.5, 0.6) is 0 Å². The van der Waals surface area contributed by atoms with Crippen LogP contribution in [0.25, 0.3) is 11.0 Å². The first kappa shape index (κ1) is 16.8. The van der Waals surface area contributed by atoms with Crippen molar-refractivity contribution in [3.05, 3.63) is 30.1 Å². The second-order valence-electron chi connectivity index (χ2n) is 5.90. The van der Waals surface area contributed by atoms with E-state index in [0.29, 0.717) is 13.1 Å². The fourth-order valence-electron chi connectivity index (χ4n) is 2.91. The van der Waals surface area contributed by atoms with Crippen LogP contribution < -0.4 is 0 Å². The third-order valence-corrected chi connectivity index (χ3v) is 4.13. The summed E-state index contributed by atoms with van der Waals surface area (Å²) in [6.45, 7) is -0.936. The number of carbonyl (C=O) groups excluding carboxylic acids is 1. The van der Waals surface area contributed by atoms with Crippen LogP contribution in [0.3, 0.4) is 0 Å². The number of aromatic nitrogens is 2. The number of imidazole rings is 1. The number of rotatable bonds is 4. The van der Waals surface area contributed by atoms with Crippen LogP contribution in [0.2, 0.25) is 0 Å². The van der Waals surface area contributed by atoms with E-state index in [1.54, 1.807) is 4.90 Å². The molecule has 1 N–H and O–H groups in total. The van der Waals surface area contributed by atoms with Gasteiger partial charge >= 0.3 is 6.18 Å². The molecule has 0 unspecified atom stereocenters. The number of hydrogen-bond donors (Lipinski definition) is 1. The van der Waals surface area contributed by atoms with Crippen molar-refractivity contribution in [1.82, 2.24) is 14.9 Å². The summed E-state index contributed by atoms with van der Waals surface area (Å²) in [5.74, 6) is 0.719. The minimum absolute atomic E-state index is 0.220. The molecule has 0 spiro atoms. The first-order chi connectivity index (χ1) is 11.4. The lowest BCUT2D eigenvalue weighted by atomic mass is 9.96. The molecule has 5 nitrogen and oxygen atoms in total. The van der Waals surface area contributed by atoms with Crippen molar-refractivity contribution in [3.8, 4) is 0 Å². The van der Waals surface area contributed by atoms with Gasteiger partial charge in [-0.3, -0.25) is 4.79 Å². The number of nitrogens with zero attached hydrogens (tertiary/aromatic N) is 2. The summed E-state index contributed by atoms with van der Waals surface area (Å²) in [7, 11) is 0. The Labute approximate surface area is 136 Å².